The fourth-order valence-electron chi connectivity index (χ4n) is 1.51. The molecule has 0 spiro atoms. The van der Waals surface area contributed by atoms with E-state index in [4.69, 9.17) is 10.2 Å². The van der Waals surface area contributed by atoms with Gasteiger partial charge in [-0.25, -0.2) is 4.98 Å². The first-order chi connectivity index (χ1) is 6.90. The quantitative estimate of drug-likeness (QED) is 0.751. The summed E-state index contributed by atoms with van der Waals surface area (Å²) in [6.45, 7) is 0.765. The SMILES string of the molecule is NCCCCc1cnc2occc2c1. The van der Waals surface area contributed by atoms with Crippen molar-refractivity contribution < 1.29 is 4.42 Å². The maximum atomic E-state index is 5.44. The van der Waals surface area contributed by atoms with Gasteiger partial charge >= 0.3 is 0 Å². The number of aryl methyl sites for hydroxylation is 1. The van der Waals surface area contributed by atoms with Gasteiger partial charge in [0, 0.05) is 11.6 Å². The van der Waals surface area contributed by atoms with Gasteiger partial charge in [0.05, 0.1) is 6.26 Å². The van der Waals surface area contributed by atoms with Crippen LogP contribution < -0.4 is 5.73 Å². The molecule has 0 radical (unpaired) electrons. The first-order valence-corrected chi connectivity index (χ1v) is 4.92. The highest BCUT2D eigenvalue weighted by Gasteiger charge is 1.99. The average molecular weight is 190 g/mol. The molecule has 3 heteroatoms. The molecule has 14 heavy (non-hydrogen) atoms. The third-order valence-electron chi connectivity index (χ3n) is 2.28. The molecule has 2 aromatic rings. The Bertz CT molecular complexity index is 408. The van der Waals surface area contributed by atoms with Crippen molar-refractivity contribution in [3.63, 3.8) is 0 Å². The summed E-state index contributed by atoms with van der Waals surface area (Å²) in [5.41, 5.74) is 7.41. The van der Waals surface area contributed by atoms with Gasteiger partial charge in [0.2, 0.25) is 5.71 Å². The van der Waals surface area contributed by atoms with Gasteiger partial charge in [-0.05, 0) is 43.5 Å². The second-order valence-electron chi connectivity index (χ2n) is 3.40. The maximum absolute atomic E-state index is 5.44. The van der Waals surface area contributed by atoms with E-state index in [1.54, 1.807) is 6.26 Å². The van der Waals surface area contributed by atoms with E-state index < -0.39 is 0 Å². The van der Waals surface area contributed by atoms with Gasteiger partial charge in [0.25, 0.3) is 0 Å². The van der Waals surface area contributed by atoms with Gasteiger partial charge in [-0.1, -0.05) is 0 Å². The minimum absolute atomic E-state index is 0.715. The zero-order valence-electron chi connectivity index (χ0n) is 8.07. The lowest BCUT2D eigenvalue weighted by atomic mass is 10.1. The number of hydrogen-bond acceptors (Lipinski definition) is 3. The Kier molecular flexibility index (Phi) is 2.79. The van der Waals surface area contributed by atoms with Crippen LogP contribution in [0.2, 0.25) is 0 Å². The van der Waals surface area contributed by atoms with E-state index in [0.29, 0.717) is 5.71 Å². The molecule has 2 rings (SSSR count). The van der Waals surface area contributed by atoms with Gasteiger partial charge < -0.3 is 10.2 Å². The van der Waals surface area contributed by atoms with Crippen LogP contribution in [-0.2, 0) is 6.42 Å². The Morgan fingerprint density at radius 3 is 3.14 bits per heavy atom. The van der Waals surface area contributed by atoms with Crippen molar-refractivity contribution in [3.8, 4) is 0 Å². The number of fused-ring (bicyclic) bond motifs is 1. The monoisotopic (exact) mass is 190 g/mol. The van der Waals surface area contributed by atoms with E-state index in [2.05, 4.69) is 11.1 Å². The fraction of sp³-hybridized carbons (Fsp3) is 0.364. The number of aromatic nitrogens is 1. The topological polar surface area (TPSA) is 52.0 Å². The summed E-state index contributed by atoms with van der Waals surface area (Å²) in [4.78, 5) is 4.22. The van der Waals surface area contributed by atoms with Gasteiger partial charge in [0.1, 0.15) is 0 Å². The van der Waals surface area contributed by atoms with Crippen LogP contribution in [-0.4, -0.2) is 11.5 Å². The van der Waals surface area contributed by atoms with Crippen molar-refractivity contribution in [1.82, 2.24) is 4.98 Å². The van der Waals surface area contributed by atoms with Crippen LogP contribution in [0.5, 0.6) is 0 Å². The zero-order valence-corrected chi connectivity index (χ0v) is 8.07. The normalized spacial score (nSPS) is 10.9. The summed E-state index contributed by atoms with van der Waals surface area (Å²) in [5.74, 6) is 0. The molecule has 0 unspecified atom stereocenters. The smallest absolute Gasteiger partial charge is 0.225 e. The minimum Gasteiger partial charge on any atom is -0.446 e. The third kappa shape index (κ3) is 1.93. The standard InChI is InChI=1S/C11H14N2O/c12-5-2-1-3-9-7-10-4-6-14-11(10)13-8-9/h4,6-8H,1-3,5,12H2. The van der Waals surface area contributed by atoms with E-state index in [-0.39, 0.29) is 0 Å². The van der Waals surface area contributed by atoms with Gasteiger partial charge in [-0.2, -0.15) is 0 Å². The first-order valence-electron chi connectivity index (χ1n) is 4.92. The molecular formula is C11H14N2O. The van der Waals surface area contributed by atoms with E-state index >= 15 is 0 Å². The lowest BCUT2D eigenvalue weighted by Gasteiger charge is -1.99. The summed E-state index contributed by atoms with van der Waals surface area (Å²) < 4.78 is 5.17. The molecule has 0 aromatic carbocycles. The zero-order chi connectivity index (χ0) is 9.80. The van der Waals surface area contributed by atoms with Gasteiger partial charge in [-0.3, -0.25) is 0 Å². The van der Waals surface area contributed by atoms with Crippen molar-refractivity contribution in [2.24, 2.45) is 5.73 Å². The lowest BCUT2D eigenvalue weighted by molar-refractivity contribution is 0.602. The Labute approximate surface area is 82.9 Å². The number of rotatable bonds is 4. The number of furan rings is 1. The van der Waals surface area contributed by atoms with Crippen molar-refractivity contribution in [2.75, 3.05) is 6.54 Å². The summed E-state index contributed by atoms with van der Waals surface area (Å²) in [7, 11) is 0. The molecular weight excluding hydrogens is 176 g/mol. The minimum atomic E-state index is 0.715. The Hall–Kier alpha value is -1.35. The van der Waals surface area contributed by atoms with Gasteiger partial charge in [-0.15, -0.1) is 0 Å². The Morgan fingerprint density at radius 2 is 2.29 bits per heavy atom. The second-order valence-corrected chi connectivity index (χ2v) is 3.40. The summed E-state index contributed by atoms with van der Waals surface area (Å²) in [5, 5.41) is 1.08. The predicted octanol–water partition coefficient (Wildman–Crippen LogP) is 2.11. The molecule has 2 aromatic heterocycles. The molecule has 0 amide bonds. The molecule has 0 aliphatic rings. The van der Waals surface area contributed by atoms with Crippen LogP contribution in [0, 0.1) is 0 Å². The summed E-state index contributed by atoms with van der Waals surface area (Å²) in [6, 6.07) is 4.07. The van der Waals surface area contributed by atoms with E-state index in [9.17, 15) is 0 Å². The average Bonchev–Trinajstić information content (AvgIpc) is 2.65. The molecule has 0 bridgehead atoms. The van der Waals surface area contributed by atoms with Crippen LogP contribution in [0.1, 0.15) is 18.4 Å². The van der Waals surface area contributed by atoms with Crippen LogP contribution in [0.4, 0.5) is 0 Å². The molecule has 0 saturated carbocycles. The highest BCUT2D eigenvalue weighted by molar-refractivity contribution is 5.73. The summed E-state index contributed by atoms with van der Waals surface area (Å²) in [6.07, 6.45) is 6.79. The second kappa shape index (κ2) is 4.24. The van der Waals surface area contributed by atoms with Gasteiger partial charge in [0.15, 0.2) is 0 Å². The van der Waals surface area contributed by atoms with Crippen molar-refractivity contribution in [3.05, 3.63) is 30.2 Å². The largest absolute Gasteiger partial charge is 0.446 e. The molecule has 3 nitrogen and oxygen atoms in total. The molecule has 0 saturated heterocycles. The van der Waals surface area contributed by atoms with E-state index in [1.807, 2.05) is 12.3 Å². The number of pyridine rings is 1. The highest BCUT2D eigenvalue weighted by atomic mass is 16.3. The first kappa shape index (κ1) is 9.21. The molecule has 0 atom stereocenters. The third-order valence-corrected chi connectivity index (χ3v) is 2.28. The Morgan fingerprint density at radius 1 is 1.36 bits per heavy atom. The number of nitrogens with two attached hydrogens (primary N) is 1. The van der Waals surface area contributed by atoms with Crippen LogP contribution in [0.15, 0.2) is 29.0 Å². The van der Waals surface area contributed by atoms with Crippen LogP contribution in [0.3, 0.4) is 0 Å². The highest BCUT2D eigenvalue weighted by Crippen LogP contribution is 2.15. The fourth-order valence-corrected chi connectivity index (χ4v) is 1.51. The molecule has 2 heterocycles. The van der Waals surface area contributed by atoms with Crippen molar-refractivity contribution in [2.45, 2.75) is 19.3 Å². The Balaban J connectivity index is 2.10. The van der Waals surface area contributed by atoms with Crippen LogP contribution >= 0.6 is 0 Å². The van der Waals surface area contributed by atoms with E-state index in [1.165, 1.54) is 5.56 Å². The molecule has 74 valence electrons. The predicted molar refractivity (Wildman–Crippen MR) is 56.0 cm³/mol. The van der Waals surface area contributed by atoms with Crippen molar-refractivity contribution in [1.29, 1.82) is 0 Å². The molecule has 0 fully saturated rings. The molecule has 0 aliphatic heterocycles. The summed E-state index contributed by atoms with van der Waals surface area (Å²) >= 11 is 0. The number of unbranched alkanes of at least 4 members (excludes halogenated alkanes) is 1. The molecule has 0 aliphatic carbocycles. The van der Waals surface area contributed by atoms with Crippen molar-refractivity contribution >= 4 is 11.1 Å². The lowest BCUT2D eigenvalue weighted by Crippen LogP contribution is -1.99. The molecule has 2 N–H and O–H groups in total. The number of hydrogen-bond donors (Lipinski definition) is 1. The number of nitrogens with zero attached hydrogens (tertiary/aromatic N) is 1. The van der Waals surface area contributed by atoms with E-state index in [0.717, 1.165) is 31.2 Å². The van der Waals surface area contributed by atoms with Crippen LogP contribution in [0.25, 0.3) is 11.1 Å². The maximum Gasteiger partial charge on any atom is 0.225 e.